The second-order valence-corrected chi connectivity index (χ2v) is 3.26. The second-order valence-electron chi connectivity index (χ2n) is 3.26. The van der Waals surface area contributed by atoms with Gasteiger partial charge < -0.3 is 14.9 Å². The van der Waals surface area contributed by atoms with E-state index in [1.54, 1.807) is 6.07 Å². The van der Waals surface area contributed by atoms with Crippen LogP contribution >= 0.6 is 0 Å². The predicted octanol–water partition coefficient (Wildman–Crippen LogP) is 1.88. The summed E-state index contributed by atoms with van der Waals surface area (Å²) in [5.74, 6) is -1.52. The molecule has 0 unspecified atom stereocenters. The molecule has 0 saturated heterocycles. The molecule has 0 bridgehead atoms. The van der Waals surface area contributed by atoms with E-state index in [-0.39, 0.29) is 12.0 Å². The number of carboxylic acid groups (broad SMARTS) is 2. The van der Waals surface area contributed by atoms with Crippen LogP contribution in [0.5, 0.6) is 5.75 Å². The zero-order valence-electron chi connectivity index (χ0n) is 9.21. The van der Waals surface area contributed by atoms with Crippen molar-refractivity contribution in [1.29, 1.82) is 0 Å². The Morgan fingerprint density at radius 1 is 1.35 bits per heavy atom. The number of ether oxygens (including phenoxy) is 1. The highest BCUT2D eigenvalue weighted by Crippen LogP contribution is 2.19. The standard InChI is InChI=1S/C12H12O5/c1-17-9-5-6-10(12(15)16)8(7-9)3-2-4-11(13)14/h2-3,5-7H,4H2,1H3,(H,13,14)(H,15,16). The lowest BCUT2D eigenvalue weighted by Crippen LogP contribution is -2.00. The van der Waals surface area contributed by atoms with E-state index in [0.29, 0.717) is 11.3 Å². The van der Waals surface area contributed by atoms with Crippen LogP contribution < -0.4 is 4.74 Å². The molecule has 1 aromatic carbocycles. The molecule has 90 valence electrons. The van der Waals surface area contributed by atoms with Gasteiger partial charge in [0.1, 0.15) is 5.75 Å². The zero-order valence-corrected chi connectivity index (χ0v) is 9.21. The molecule has 5 heteroatoms. The summed E-state index contributed by atoms with van der Waals surface area (Å²) >= 11 is 0. The van der Waals surface area contributed by atoms with Crippen molar-refractivity contribution in [2.75, 3.05) is 7.11 Å². The van der Waals surface area contributed by atoms with E-state index in [1.165, 1.54) is 31.4 Å². The van der Waals surface area contributed by atoms with Gasteiger partial charge in [0.2, 0.25) is 0 Å². The fraction of sp³-hybridized carbons (Fsp3) is 0.167. The molecule has 0 spiro atoms. The van der Waals surface area contributed by atoms with Crippen LogP contribution in [0.2, 0.25) is 0 Å². The highest BCUT2D eigenvalue weighted by molar-refractivity contribution is 5.92. The number of carbonyl (C=O) groups is 2. The Labute approximate surface area is 98.0 Å². The van der Waals surface area contributed by atoms with Gasteiger partial charge in [0.15, 0.2) is 0 Å². The van der Waals surface area contributed by atoms with E-state index < -0.39 is 11.9 Å². The average Bonchev–Trinajstić information content (AvgIpc) is 2.28. The van der Waals surface area contributed by atoms with E-state index in [1.807, 2.05) is 0 Å². The summed E-state index contributed by atoms with van der Waals surface area (Å²) in [4.78, 5) is 21.3. The van der Waals surface area contributed by atoms with Gasteiger partial charge in [-0.15, -0.1) is 0 Å². The number of hydrogen-bond acceptors (Lipinski definition) is 3. The average molecular weight is 236 g/mol. The van der Waals surface area contributed by atoms with Crippen LogP contribution in [0.25, 0.3) is 6.08 Å². The van der Waals surface area contributed by atoms with Crippen molar-refractivity contribution < 1.29 is 24.5 Å². The van der Waals surface area contributed by atoms with Gasteiger partial charge in [0.25, 0.3) is 0 Å². The van der Waals surface area contributed by atoms with Gasteiger partial charge in [-0.3, -0.25) is 4.79 Å². The number of carboxylic acids is 2. The van der Waals surface area contributed by atoms with Crippen LogP contribution in [0, 0.1) is 0 Å². The number of hydrogen-bond donors (Lipinski definition) is 2. The van der Waals surface area contributed by atoms with E-state index in [4.69, 9.17) is 14.9 Å². The summed E-state index contributed by atoms with van der Waals surface area (Å²) in [6.07, 6.45) is 2.69. The molecule has 1 rings (SSSR count). The molecular formula is C12H12O5. The summed E-state index contributed by atoms with van der Waals surface area (Å²) in [5, 5.41) is 17.4. The first-order valence-corrected chi connectivity index (χ1v) is 4.84. The van der Waals surface area contributed by atoms with Crippen LogP contribution in [0.15, 0.2) is 24.3 Å². The van der Waals surface area contributed by atoms with E-state index in [2.05, 4.69) is 0 Å². The summed E-state index contributed by atoms with van der Waals surface area (Å²) < 4.78 is 4.97. The third-order valence-corrected chi connectivity index (χ3v) is 2.08. The van der Waals surface area contributed by atoms with Gasteiger partial charge in [-0.05, 0) is 23.8 Å². The summed E-state index contributed by atoms with van der Waals surface area (Å²) in [5.41, 5.74) is 0.519. The Bertz CT molecular complexity index is 462. The Morgan fingerprint density at radius 3 is 2.59 bits per heavy atom. The Hall–Kier alpha value is -2.30. The monoisotopic (exact) mass is 236 g/mol. The molecule has 0 radical (unpaired) electrons. The first-order chi connectivity index (χ1) is 8.04. The van der Waals surface area contributed by atoms with Gasteiger partial charge in [-0.25, -0.2) is 4.79 Å². The highest BCUT2D eigenvalue weighted by atomic mass is 16.5. The van der Waals surface area contributed by atoms with Gasteiger partial charge >= 0.3 is 11.9 Å². The van der Waals surface area contributed by atoms with Gasteiger partial charge in [-0.2, -0.15) is 0 Å². The highest BCUT2D eigenvalue weighted by Gasteiger charge is 2.08. The zero-order chi connectivity index (χ0) is 12.8. The lowest BCUT2D eigenvalue weighted by atomic mass is 10.1. The Balaban J connectivity index is 3.04. The summed E-state index contributed by atoms with van der Waals surface area (Å²) in [7, 11) is 1.47. The number of rotatable bonds is 5. The molecule has 0 fully saturated rings. The molecule has 0 aliphatic heterocycles. The molecule has 1 aromatic rings. The van der Waals surface area contributed by atoms with Gasteiger partial charge in [0.05, 0.1) is 19.1 Å². The van der Waals surface area contributed by atoms with Crippen molar-refractivity contribution in [3.8, 4) is 5.75 Å². The lowest BCUT2D eigenvalue weighted by molar-refractivity contribution is -0.135. The minimum absolute atomic E-state index is 0.104. The predicted molar refractivity (Wildman–Crippen MR) is 61.2 cm³/mol. The number of benzene rings is 1. The van der Waals surface area contributed by atoms with E-state index in [0.717, 1.165) is 0 Å². The molecule has 0 aliphatic rings. The maximum atomic E-state index is 10.9. The molecule has 0 amide bonds. The maximum absolute atomic E-state index is 10.9. The Morgan fingerprint density at radius 2 is 2.06 bits per heavy atom. The fourth-order valence-electron chi connectivity index (χ4n) is 1.29. The van der Waals surface area contributed by atoms with Gasteiger partial charge in [0, 0.05) is 0 Å². The minimum atomic E-state index is -1.07. The molecule has 0 aromatic heterocycles. The van der Waals surface area contributed by atoms with Crippen molar-refractivity contribution in [2.45, 2.75) is 6.42 Å². The third-order valence-electron chi connectivity index (χ3n) is 2.08. The van der Waals surface area contributed by atoms with Gasteiger partial charge in [-0.1, -0.05) is 12.2 Å². The van der Waals surface area contributed by atoms with Crippen molar-refractivity contribution in [1.82, 2.24) is 0 Å². The quantitative estimate of drug-likeness (QED) is 0.815. The van der Waals surface area contributed by atoms with Crippen molar-refractivity contribution >= 4 is 18.0 Å². The molecule has 0 saturated carbocycles. The van der Waals surface area contributed by atoms with Crippen molar-refractivity contribution in [3.05, 3.63) is 35.4 Å². The van der Waals surface area contributed by atoms with Crippen LogP contribution in [0.3, 0.4) is 0 Å². The Kier molecular flexibility index (Phi) is 4.28. The molecule has 0 atom stereocenters. The topological polar surface area (TPSA) is 83.8 Å². The fourth-order valence-corrected chi connectivity index (χ4v) is 1.29. The summed E-state index contributed by atoms with van der Waals surface area (Å²) in [6, 6.07) is 4.50. The lowest BCUT2D eigenvalue weighted by Gasteiger charge is -2.04. The van der Waals surface area contributed by atoms with E-state index >= 15 is 0 Å². The normalized spacial score (nSPS) is 10.4. The summed E-state index contributed by atoms with van der Waals surface area (Å²) in [6.45, 7) is 0. The SMILES string of the molecule is COc1ccc(C(=O)O)c(C=CCC(=O)O)c1. The van der Waals surface area contributed by atoms with Crippen LogP contribution in [0.1, 0.15) is 22.3 Å². The molecule has 17 heavy (non-hydrogen) atoms. The molecule has 0 aliphatic carbocycles. The van der Waals surface area contributed by atoms with Crippen molar-refractivity contribution in [3.63, 3.8) is 0 Å². The van der Waals surface area contributed by atoms with E-state index in [9.17, 15) is 9.59 Å². The third kappa shape index (κ3) is 3.64. The van der Waals surface area contributed by atoms with Crippen LogP contribution in [-0.4, -0.2) is 29.3 Å². The number of methoxy groups -OCH3 is 1. The van der Waals surface area contributed by atoms with Crippen LogP contribution in [0.4, 0.5) is 0 Å². The van der Waals surface area contributed by atoms with Crippen LogP contribution in [-0.2, 0) is 4.79 Å². The smallest absolute Gasteiger partial charge is 0.336 e. The maximum Gasteiger partial charge on any atom is 0.336 e. The molecular weight excluding hydrogens is 224 g/mol. The number of aromatic carboxylic acids is 1. The molecule has 0 heterocycles. The second kappa shape index (κ2) is 5.69. The minimum Gasteiger partial charge on any atom is -0.497 e. The molecule has 5 nitrogen and oxygen atoms in total. The number of aliphatic carboxylic acids is 1. The first-order valence-electron chi connectivity index (χ1n) is 4.84. The molecule has 2 N–H and O–H groups in total. The van der Waals surface area contributed by atoms with Crippen molar-refractivity contribution in [2.24, 2.45) is 0 Å². The largest absolute Gasteiger partial charge is 0.497 e. The first kappa shape index (κ1) is 12.8.